The molecule has 4 aliphatic rings. The second-order valence-electron chi connectivity index (χ2n) is 11.1. The maximum absolute atomic E-state index is 11.0. The number of ether oxygens (including phenoxy) is 7. The summed E-state index contributed by atoms with van der Waals surface area (Å²) < 4.78 is 38.6. The van der Waals surface area contributed by atoms with Gasteiger partial charge in [0.05, 0.1) is 25.9 Å². The van der Waals surface area contributed by atoms with Crippen LogP contribution in [0.4, 0.5) is 0 Å². The van der Waals surface area contributed by atoms with Crippen LogP contribution >= 0.6 is 0 Å². The van der Waals surface area contributed by atoms with Crippen molar-refractivity contribution in [3.8, 4) is 0 Å². The maximum Gasteiger partial charge on any atom is 0.187 e. The predicted octanol–water partition coefficient (Wildman–Crippen LogP) is -8.72. The second kappa shape index (κ2) is 15.0. The molecule has 20 atom stereocenters. The van der Waals surface area contributed by atoms with E-state index in [9.17, 15) is 66.4 Å². The zero-order chi connectivity index (χ0) is 32.6. The van der Waals surface area contributed by atoms with Crippen molar-refractivity contribution in [2.24, 2.45) is 0 Å². The lowest BCUT2D eigenvalue weighted by molar-refractivity contribution is -0.400. The third kappa shape index (κ3) is 7.05. The van der Waals surface area contributed by atoms with Crippen LogP contribution in [0.3, 0.4) is 0 Å². The largest absolute Gasteiger partial charge is 0.394 e. The summed E-state index contributed by atoms with van der Waals surface area (Å²) >= 11 is 0. The Hall–Kier alpha value is -0.800. The van der Waals surface area contributed by atoms with Gasteiger partial charge in [0.15, 0.2) is 25.2 Å². The van der Waals surface area contributed by atoms with Gasteiger partial charge in [-0.25, -0.2) is 0 Å². The Bertz CT molecular complexity index is 898. The fourth-order valence-electron chi connectivity index (χ4n) is 5.44. The molecule has 0 amide bonds. The number of hydrogen-bond donors (Lipinski definition) is 13. The fourth-order valence-corrected chi connectivity index (χ4v) is 5.44. The molecule has 4 aliphatic heterocycles. The standard InChI is InChI=1S/C24H42O20/c1-5-9(28)18(20(21(37)38-5)44-23-17(36)14(33)11(30)7(3-26)40-23)42-24-19(15(34)12(31)8(4-27)41-24)43-22-16(35)13(32)10(29)6(2-25)39-22/h5-37H,2-4H2,1H3/t5-,6-,7-,8-,9+,10-,11-,12-,13+,14+,15+,16-,17-,18+,19-,20-,21?,22?,23?,24+/m1/s1. The molecule has 0 radical (unpaired) electrons. The third-order valence-corrected chi connectivity index (χ3v) is 8.17. The Kier molecular flexibility index (Phi) is 12.3. The normalized spacial score (nSPS) is 53.9. The Morgan fingerprint density at radius 3 is 1.25 bits per heavy atom. The summed E-state index contributed by atoms with van der Waals surface area (Å²) in [6, 6.07) is 0. The van der Waals surface area contributed by atoms with Crippen molar-refractivity contribution in [2.75, 3.05) is 19.8 Å². The first kappa shape index (κ1) is 36.0. The number of rotatable bonds is 9. The minimum absolute atomic E-state index is 0.802. The molecule has 0 aromatic rings. The van der Waals surface area contributed by atoms with Gasteiger partial charge in [-0.15, -0.1) is 0 Å². The van der Waals surface area contributed by atoms with E-state index < -0.39 is 143 Å². The summed E-state index contributed by atoms with van der Waals surface area (Å²) in [7, 11) is 0. The smallest absolute Gasteiger partial charge is 0.187 e. The topological polar surface area (TPSA) is 328 Å². The van der Waals surface area contributed by atoms with E-state index in [1.165, 1.54) is 6.92 Å². The lowest BCUT2D eigenvalue weighted by Gasteiger charge is -2.49. The molecule has 0 spiro atoms. The van der Waals surface area contributed by atoms with Gasteiger partial charge in [0.1, 0.15) is 91.6 Å². The Labute approximate surface area is 249 Å². The van der Waals surface area contributed by atoms with E-state index in [1.54, 1.807) is 0 Å². The van der Waals surface area contributed by atoms with Crippen LogP contribution in [0, 0.1) is 0 Å². The highest BCUT2D eigenvalue weighted by Crippen LogP contribution is 2.34. The highest BCUT2D eigenvalue weighted by atomic mass is 16.8. The highest BCUT2D eigenvalue weighted by molar-refractivity contribution is 4.97. The quantitative estimate of drug-likeness (QED) is 0.110. The summed E-state index contributed by atoms with van der Waals surface area (Å²) in [5.74, 6) is 0. The van der Waals surface area contributed by atoms with Crippen molar-refractivity contribution in [1.82, 2.24) is 0 Å². The van der Waals surface area contributed by atoms with Gasteiger partial charge in [-0.2, -0.15) is 0 Å². The molecule has 258 valence electrons. The van der Waals surface area contributed by atoms with E-state index in [0.717, 1.165) is 0 Å². The first-order valence-corrected chi connectivity index (χ1v) is 14.0. The molecule has 20 heteroatoms. The molecule has 20 nitrogen and oxygen atoms in total. The Morgan fingerprint density at radius 2 is 0.795 bits per heavy atom. The second-order valence-corrected chi connectivity index (χ2v) is 11.1. The Balaban J connectivity index is 1.60. The van der Waals surface area contributed by atoms with E-state index in [-0.39, 0.29) is 0 Å². The van der Waals surface area contributed by atoms with Crippen molar-refractivity contribution < 1.29 is 99.5 Å². The molecule has 0 aliphatic carbocycles. The Morgan fingerprint density at radius 1 is 0.409 bits per heavy atom. The molecule has 4 rings (SSSR count). The lowest BCUT2D eigenvalue weighted by Crippen LogP contribution is -2.67. The van der Waals surface area contributed by atoms with Crippen LogP contribution in [-0.2, 0) is 33.2 Å². The van der Waals surface area contributed by atoms with Gasteiger partial charge in [-0.05, 0) is 6.92 Å². The van der Waals surface area contributed by atoms with Crippen LogP contribution in [0.2, 0.25) is 0 Å². The van der Waals surface area contributed by atoms with Crippen molar-refractivity contribution in [3.63, 3.8) is 0 Å². The minimum Gasteiger partial charge on any atom is -0.394 e. The molecule has 4 saturated heterocycles. The first-order valence-electron chi connectivity index (χ1n) is 14.0. The molecular weight excluding hydrogens is 608 g/mol. The van der Waals surface area contributed by atoms with Crippen molar-refractivity contribution >= 4 is 0 Å². The molecule has 13 N–H and O–H groups in total. The molecule has 4 fully saturated rings. The first-order chi connectivity index (χ1) is 20.7. The van der Waals surface area contributed by atoms with E-state index in [4.69, 9.17) is 33.2 Å². The fraction of sp³-hybridized carbons (Fsp3) is 1.00. The highest BCUT2D eigenvalue weighted by Gasteiger charge is 2.55. The average Bonchev–Trinajstić information content (AvgIpc) is 3.00. The van der Waals surface area contributed by atoms with Crippen LogP contribution in [-0.4, -0.2) is 209 Å². The summed E-state index contributed by atoms with van der Waals surface area (Å²) in [5, 5.41) is 133. The van der Waals surface area contributed by atoms with Crippen LogP contribution < -0.4 is 0 Å². The molecule has 0 aromatic heterocycles. The molecule has 44 heavy (non-hydrogen) atoms. The van der Waals surface area contributed by atoms with Crippen LogP contribution in [0.1, 0.15) is 6.92 Å². The number of hydrogen-bond acceptors (Lipinski definition) is 20. The molecule has 4 heterocycles. The van der Waals surface area contributed by atoms with Crippen LogP contribution in [0.15, 0.2) is 0 Å². The average molecular weight is 651 g/mol. The maximum atomic E-state index is 11.0. The van der Waals surface area contributed by atoms with E-state index in [2.05, 4.69) is 0 Å². The number of aliphatic hydroxyl groups is 13. The lowest BCUT2D eigenvalue weighted by atomic mass is 9.96. The van der Waals surface area contributed by atoms with E-state index >= 15 is 0 Å². The van der Waals surface area contributed by atoms with Gasteiger partial charge in [0.25, 0.3) is 0 Å². The van der Waals surface area contributed by atoms with Crippen LogP contribution in [0.25, 0.3) is 0 Å². The molecule has 3 unspecified atom stereocenters. The van der Waals surface area contributed by atoms with Gasteiger partial charge in [0, 0.05) is 0 Å². The monoisotopic (exact) mass is 650 g/mol. The van der Waals surface area contributed by atoms with Gasteiger partial charge < -0.3 is 99.5 Å². The summed E-state index contributed by atoms with van der Waals surface area (Å²) in [6.07, 6.45) is -34.8. The van der Waals surface area contributed by atoms with Gasteiger partial charge in [-0.3, -0.25) is 0 Å². The zero-order valence-electron chi connectivity index (χ0n) is 23.3. The van der Waals surface area contributed by atoms with E-state index in [1.807, 2.05) is 0 Å². The molecule has 0 saturated carbocycles. The van der Waals surface area contributed by atoms with Crippen LogP contribution in [0.5, 0.6) is 0 Å². The molecule has 0 bridgehead atoms. The predicted molar refractivity (Wildman–Crippen MR) is 132 cm³/mol. The van der Waals surface area contributed by atoms with E-state index in [0.29, 0.717) is 0 Å². The summed E-state index contributed by atoms with van der Waals surface area (Å²) in [6.45, 7) is -1.13. The molecular formula is C24H42O20. The SMILES string of the molecule is C[C@H]1OC(O)[C@H](OC2O[C@H](CO)[C@@H](O)[C@H](O)[C@H]2O)[C@@H](O[C@@H]2O[C@H](CO)[C@@H](O)[C@H](O)[C@H]2OC2O[C@H](CO)[C@@H](O)[C@H](O)[C@H]2O)[C@H]1O. The van der Waals surface area contributed by atoms with Crippen molar-refractivity contribution in [1.29, 1.82) is 0 Å². The van der Waals surface area contributed by atoms with Gasteiger partial charge in [-0.1, -0.05) is 0 Å². The summed E-state index contributed by atoms with van der Waals surface area (Å²) in [5.41, 5.74) is 0. The van der Waals surface area contributed by atoms with Crippen molar-refractivity contribution in [3.05, 3.63) is 0 Å². The number of aliphatic hydroxyl groups excluding tert-OH is 13. The van der Waals surface area contributed by atoms with Gasteiger partial charge >= 0.3 is 0 Å². The zero-order valence-corrected chi connectivity index (χ0v) is 23.3. The minimum atomic E-state index is -1.96. The molecule has 0 aromatic carbocycles. The van der Waals surface area contributed by atoms with Crippen molar-refractivity contribution in [2.45, 2.75) is 130 Å². The third-order valence-electron chi connectivity index (χ3n) is 8.17. The summed E-state index contributed by atoms with van der Waals surface area (Å²) in [4.78, 5) is 0. The van der Waals surface area contributed by atoms with Gasteiger partial charge in [0.2, 0.25) is 0 Å².